The Kier molecular flexibility index (Phi) is 4.97. The van der Waals surface area contributed by atoms with Gasteiger partial charge < -0.3 is 10.1 Å². The van der Waals surface area contributed by atoms with Gasteiger partial charge in [-0.1, -0.05) is 24.3 Å². The van der Waals surface area contributed by atoms with Crippen molar-refractivity contribution in [3.05, 3.63) is 65.5 Å². The molecule has 0 atom stereocenters. The number of benzene rings is 2. The zero-order valence-electron chi connectivity index (χ0n) is 12.8. The van der Waals surface area contributed by atoms with Crippen LogP contribution >= 0.6 is 0 Å². The van der Waals surface area contributed by atoms with Crippen molar-refractivity contribution in [2.24, 2.45) is 0 Å². The van der Waals surface area contributed by atoms with Gasteiger partial charge in [0.25, 0.3) is 0 Å². The normalized spacial score (nSPS) is 11.4. The summed E-state index contributed by atoms with van der Waals surface area (Å²) in [5.41, 5.74) is 2.28. The first-order valence-electron chi connectivity index (χ1n) is 7.14. The maximum atomic E-state index is 12.8. The summed E-state index contributed by atoms with van der Waals surface area (Å²) in [6, 6.07) is 14.4. The lowest BCUT2D eigenvalue weighted by molar-refractivity contribution is 0.306. The molecule has 1 N–H and O–H groups in total. The molecule has 3 heteroatoms. The molecule has 2 aromatic carbocycles. The van der Waals surface area contributed by atoms with E-state index in [1.165, 1.54) is 17.7 Å². The zero-order valence-corrected chi connectivity index (χ0v) is 12.8. The second kappa shape index (κ2) is 6.72. The molecule has 21 heavy (non-hydrogen) atoms. The molecule has 0 saturated heterocycles. The summed E-state index contributed by atoms with van der Waals surface area (Å²) in [6.07, 6.45) is 0. The van der Waals surface area contributed by atoms with Crippen molar-refractivity contribution in [1.82, 2.24) is 5.32 Å². The van der Waals surface area contributed by atoms with Gasteiger partial charge in [-0.2, -0.15) is 0 Å². The molecule has 0 heterocycles. The van der Waals surface area contributed by atoms with Crippen LogP contribution in [0.4, 0.5) is 4.39 Å². The van der Waals surface area contributed by atoms with Gasteiger partial charge in [-0.05, 0) is 56.2 Å². The summed E-state index contributed by atoms with van der Waals surface area (Å²) in [7, 11) is 0. The molecule has 0 bridgehead atoms. The Morgan fingerprint density at radius 2 is 1.48 bits per heavy atom. The summed E-state index contributed by atoms with van der Waals surface area (Å²) in [5, 5.41) is 3.44. The quantitative estimate of drug-likeness (QED) is 0.885. The van der Waals surface area contributed by atoms with Crippen molar-refractivity contribution in [2.75, 3.05) is 0 Å². The molecular formula is C18H22FNO. The highest BCUT2D eigenvalue weighted by molar-refractivity contribution is 5.28. The number of halogens is 1. The van der Waals surface area contributed by atoms with E-state index in [0.717, 1.165) is 17.9 Å². The van der Waals surface area contributed by atoms with Crippen molar-refractivity contribution in [2.45, 2.75) is 39.5 Å². The maximum Gasteiger partial charge on any atom is 0.123 e. The number of hydrogen-bond donors (Lipinski definition) is 1. The van der Waals surface area contributed by atoms with Crippen molar-refractivity contribution in [3.8, 4) is 5.75 Å². The first-order chi connectivity index (χ1) is 9.92. The van der Waals surface area contributed by atoms with Crippen LogP contribution in [0.25, 0.3) is 0 Å². The lowest BCUT2D eigenvalue weighted by atomic mass is 10.1. The first kappa shape index (κ1) is 15.5. The van der Waals surface area contributed by atoms with Gasteiger partial charge in [0.15, 0.2) is 0 Å². The Balaban J connectivity index is 1.86. The van der Waals surface area contributed by atoms with Gasteiger partial charge >= 0.3 is 0 Å². The van der Waals surface area contributed by atoms with Crippen LogP contribution in [0.2, 0.25) is 0 Å². The van der Waals surface area contributed by atoms with E-state index < -0.39 is 0 Å². The van der Waals surface area contributed by atoms with Crippen molar-refractivity contribution >= 4 is 0 Å². The molecule has 2 rings (SSSR count). The summed E-state index contributed by atoms with van der Waals surface area (Å²) in [5.74, 6) is 0.591. The molecule has 0 saturated carbocycles. The molecule has 0 spiro atoms. The highest BCUT2D eigenvalue weighted by Gasteiger charge is 2.08. The predicted octanol–water partition coefficient (Wildman–Crippen LogP) is 4.29. The highest BCUT2D eigenvalue weighted by atomic mass is 19.1. The molecular weight excluding hydrogens is 265 g/mol. The molecule has 0 aliphatic carbocycles. The molecule has 0 radical (unpaired) electrons. The minimum Gasteiger partial charge on any atom is -0.489 e. The van der Waals surface area contributed by atoms with E-state index in [0.29, 0.717) is 6.61 Å². The number of nitrogens with one attached hydrogen (secondary N) is 1. The first-order valence-corrected chi connectivity index (χ1v) is 7.14. The average molecular weight is 287 g/mol. The fourth-order valence-electron chi connectivity index (χ4n) is 1.82. The fraction of sp³-hybridized carbons (Fsp3) is 0.333. The fourth-order valence-corrected chi connectivity index (χ4v) is 1.82. The number of hydrogen-bond acceptors (Lipinski definition) is 2. The minimum atomic E-state index is -0.227. The van der Waals surface area contributed by atoms with Crippen LogP contribution in [0.5, 0.6) is 5.75 Å². The van der Waals surface area contributed by atoms with Crippen LogP contribution in [-0.2, 0) is 13.2 Å². The third kappa shape index (κ3) is 5.56. The standard InChI is InChI=1S/C18H22FNO/c1-18(2,3)20-12-14-6-10-17(11-7-14)21-13-15-4-8-16(19)9-5-15/h4-11,20H,12-13H2,1-3H3. The smallest absolute Gasteiger partial charge is 0.123 e. The number of rotatable bonds is 5. The number of ether oxygens (including phenoxy) is 1. The summed E-state index contributed by atoms with van der Waals surface area (Å²) in [4.78, 5) is 0. The average Bonchev–Trinajstić information content (AvgIpc) is 2.45. The Morgan fingerprint density at radius 1 is 0.905 bits per heavy atom. The molecule has 0 aromatic heterocycles. The van der Waals surface area contributed by atoms with Gasteiger partial charge in [-0.15, -0.1) is 0 Å². The van der Waals surface area contributed by atoms with Gasteiger partial charge in [0, 0.05) is 12.1 Å². The van der Waals surface area contributed by atoms with Gasteiger partial charge in [0.1, 0.15) is 18.2 Å². The zero-order chi connectivity index (χ0) is 15.3. The van der Waals surface area contributed by atoms with E-state index in [2.05, 4.69) is 38.2 Å². The molecule has 0 aliphatic heterocycles. The van der Waals surface area contributed by atoms with E-state index in [9.17, 15) is 4.39 Å². The molecule has 0 unspecified atom stereocenters. The Bertz CT molecular complexity index is 555. The topological polar surface area (TPSA) is 21.3 Å². The van der Waals surface area contributed by atoms with Gasteiger partial charge in [-0.25, -0.2) is 4.39 Å². The summed E-state index contributed by atoms with van der Waals surface area (Å²) < 4.78 is 18.5. The second-order valence-electron chi connectivity index (χ2n) is 6.16. The van der Waals surface area contributed by atoms with E-state index in [4.69, 9.17) is 4.74 Å². The van der Waals surface area contributed by atoms with E-state index in [-0.39, 0.29) is 11.4 Å². The van der Waals surface area contributed by atoms with Crippen LogP contribution in [-0.4, -0.2) is 5.54 Å². The van der Waals surface area contributed by atoms with Gasteiger partial charge in [0.05, 0.1) is 0 Å². The van der Waals surface area contributed by atoms with Crippen LogP contribution in [0.1, 0.15) is 31.9 Å². The highest BCUT2D eigenvalue weighted by Crippen LogP contribution is 2.15. The lowest BCUT2D eigenvalue weighted by Gasteiger charge is -2.20. The molecule has 2 nitrogen and oxygen atoms in total. The van der Waals surface area contributed by atoms with Crippen LogP contribution in [0, 0.1) is 5.82 Å². The largest absolute Gasteiger partial charge is 0.489 e. The van der Waals surface area contributed by atoms with E-state index in [1.807, 2.05) is 12.1 Å². The van der Waals surface area contributed by atoms with Crippen molar-refractivity contribution in [1.29, 1.82) is 0 Å². The van der Waals surface area contributed by atoms with Crippen LogP contribution in [0.15, 0.2) is 48.5 Å². The predicted molar refractivity (Wildman–Crippen MR) is 83.8 cm³/mol. The third-order valence-electron chi connectivity index (χ3n) is 3.06. The maximum absolute atomic E-state index is 12.8. The third-order valence-corrected chi connectivity index (χ3v) is 3.06. The Hall–Kier alpha value is -1.87. The molecule has 0 amide bonds. The summed E-state index contributed by atoms with van der Waals surface area (Å²) >= 11 is 0. The van der Waals surface area contributed by atoms with Gasteiger partial charge in [-0.3, -0.25) is 0 Å². The minimum absolute atomic E-state index is 0.109. The van der Waals surface area contributed by atoms with E-state index in [1.54, 1.807) is 12.1 Å². The molecule has 0 fully saturated rings. The van der Waals surface area contributed by atoms with Crippen LogP contribution < -0.4 is 10.1 Å². The molecule has 2 aromatic rings. The summed E-state index contributed by atoms with van der Waals surface area (Å²) in [6.45, 7) is 7.72. The van der Waals surface area contributed by atoms with Gasteiger partial charge in [0.2, 0.25) is 0 Å². The van der Waals surface area contributed by atoms with Crippen molar-refractivity contribution < 1.29 is 9.13 Å². The van der Waals surface area contributed by atoms with Crippen molar-refractivity contribution in [3.63, 3.8) is 0 Å². The SMILES string of the molecule is CC(C)(C)NCc1ccc(OCc2ccc(F)cc2)cc1. The Morgan fingerprint density at radius 3 is 2.05 bits per heavy atom. The molecule has 112 valence electrons. The second-order valence-corrected chi connectivity index (χ2v) is 6.16. The monoisotopic (exact) mass is 287 g/mol. The lowest BCUT2D eigenvalue weighted by Crippen LogP contribution is -2.34. The van der Waals surface area contributed by atoms with E-state index >= 15 is 0 Å². The molecule has 0 aliphatic rings. The van der Waals surface area contributed by atoms with Crippen LogP contribution in [0.3, 0.4) is 0 Å². The Labute approximate surface area is 126 Å².